The molecule has 0 spiro atoms. The molecule has 0 saturated carbocycles. The smallest absolute Gasteiger partial charge is 0.118 e. The molecule has 86 valence electrons. The molecule has 1 aromatic carbocycles. The van der Waals surface area contributed by atoms with Crippen LogP contribution in [0.1, 0.15) is 11.6 Å². The summed E-state index contributed by atoms with van der Waals surface area (Å²) >= 11 is 0. The summed E-state index contributed by atoms with van der Waals surface area (Å²) in [4.78, 5) is 2.65. The van der Waals surface area contributed by atoms with E-state index in [9.17, 15) is 5.11 Å². The van der Waals surface area contributed by atoms with E-state index in [1.807, 2.05) is 0 Å². The maximum atomic E-state index is 9.48. The normalized spacial score (nSPS) is 13.7. The summed E-state index contributed by atoms with van der Waals surface area (Å²) in [7, 11) is 1.54. The molecule has 0 aliphatic carbocycles. The third kappa shape index (κ3) is 2.87. The Morgan fingerprint density at radius 3 is 2.50 bits per heavy atom. The van der Waals surface area contributed by atoms with Gasteiger partial charge < -0.3 is 14.9 Å². The van der Waals surface area contributed by atoms with Gasteiger partial charge in [-0.3, -0.25) is 0 Å². The highest BCUT2D eigenvalue weighted by molar-refractivity contribution is 5.29. The van der Waals surface area contributed by atoms with Crippen molar-refractivity contribution in [2.75, 3.05) is 13.7 Å². The van der Waals surface area contributed by atoms with Gasteiger partial charge in [0, 0.05) is 4.91 Å². The summed E-state index contributed by atoms with van der Waals surface area (Å²) in [5, 5.41) is 21.8. The van der Waals surface area contributed by atoms with Crippen LogP contribution in [0.5, 0.6) is 5.75 Å². The molecule has 16 heavy (non-hydrogen) atoms. The summed E-state index contributed by atoms with van der Waals surface area (Å²) in [5.74, 6) is 0.668. The van der Waals surface area contributed by atoms with Crippen molar-refractivity contribution in [3.05, 3.63) is 40.3 Å². The highest BCUT2D eigenvalue weighted by atomic mass is 16.5. The van der Waals surface area contributed by atoms with Crippen LogP contribution in [0.3, 0.4) is 0 Å². The van der Waals surface area contributed by atoms with E-state index in [2.05, 4.69) is 10.0 Å². The van der Waals surface area contributed by atoms with Gasteiger partial charge in [0.05, 0.1) is 25.9 Å². The molecule has 6 nitrogen and oxygen atoms in total. The number of nitrogens with zero attached hydrogens (tertiary/aromatic N) is 3. The number of hydrogen-bond acceptors (Lipinski definition) is 4. The first kappa shape index (κ1) is 12.3. The van der Waals surface area contributed by atoms with Gasteiger partial charge >= 0.3 is 0 Å². The number of hydrogen-bond donors (Lipinski definition) is 2. The van der Waals surface area contributed by atoms with Crippen LogP contribution in [0, 0.1) is 0 Å². The maximum Gasteiger partial charge on any atom is 0.118 e. The summed E-state index contributed by atoms with van der Waals surface area (Å²) in [6, 6.07) is 5.95. The molecule has 1 rings (SSSR count). The van der Waals surface area contributed by atoms with Crippen molar-refractivity contribution in [2.24, 2.45) is 5.11 Å². The van der Waals surface area contributed by atoms with Crippen molar-refractivity contribution in [2.45, 2.75) is 12.1 Å². The van der Waals surface area contributed by atoms with Crippen LogP contribution in [0.15, 0.2) is 29.4 Å². The number of azide groups is 1. The predicted molar refractivity (Wildman–Crippen MR) is 58.0 cm³/mol. The summed E-state index contributed by atoms with van der Waals surface area (Å²) in [6.07, 6.45) is -1.11. The number of ether oxygens (including phenoxy) is 1. The van der Waals surface area contributed by atoms with Crippen molar-refractivity contribution in [1.29, 1.82) is 0 Å². The fraction of sp³-hybridized carbons (Fsp3) is 0.400. The molecule has 2 N–H and O–H groups in total. The first-order valence-electron chi connectivity index (χ1n) is 4.70. The van der Waals surface area contributed by atoms with Gasteiger partial charge in [-0.15, -0.1) is 0 Å². The molecule has 0 aromatic heterocycles. The molecular formula is C10H13N3O3. The Kier molecular flexibility index (Phi) is 4.60. The zero-order valence-corrected chi connectivity index (χ0v) is 8.82. The van der Waals surface area contributed by atoms with E-state index >= 15 is 0 Å². The minimum Gasteiger partial charge on any atom is -0.497 e. The Morgan fingerprint density at radius 2 is 2.06 bits per heavy atom. The Labute approximate surface area is 92.7 Å². The number of benzene rings is 1. The van der Waals surface area contributed by atoms with Gasteiger partial charge in [0.15, 0.2) is 0 Å². The molecule has 0 aliphatic heterocycles. The number of rotatable bonds is 5. The fourth-order valence-electron chi connectivity index (χ4n) is 1.32. The SMILES string of the molecule is COc1ccc([C@@H](N=[N+]=[N-])[C@H](O)CO)cc1. The highest BCUT2D eigenvalue weighted by Crippen LogP contribution is 2.23. The van der Waals surface area contributed by atoms with Gasteiger partial charge in [-0.1, -0.05) is 17.2 Å². The second kappa shape index (κ2) is 5.97. The Balaban J connectivity index is 2.96. The minimum absolute atomic E-state index is 0.463. The molecule has 0 saturated heterocycles. The molecule has 0 heterocycles. The fourth-order valence-corrected chi connectivity index (χ4v) is 1.32. The molecule has 0 unspecified atom stereocenters. The summed E-state index contributed by atoms with van der Waals surface area (Å²) < 4.78 is 4.98. The van der Waals surface area contributed by atoms with Crippen molar-refractivity contribution < 1.29 is 14.9 Å². The molecule has 0 amide bonds. The standard InChI is InChI=1S/C10H13N3O3/c1-16-8-4-2-7(3-5-8)10(12-13-11)9(15)6-14/h2-5,9-10,14-15H,6H2,1H3/t9-,10-/m1/s1. The lowest BCUT2D eigenvalue weighted by molar-refractivity contribution is 0.0742. The van der Waals surface area contributed by atoms with E-state index in [4.69, 9.17) is 15.4 Å². The zero-order chi connectivity index (χ0) is 12.0. The molecule has 0 radical (unpaired) electrons. The van der Waals surface area contributed by atoms with E-state index in [0.29, 0.717) is 11.3 Å². The first-order valence-corrected chi connectivity index (χ1v) is 4.70. The Morgan fingerprint density at radius 1 is 1.44 bits per heavy atom. The third-order valence-electron chi connectivity index (χ3n) is 2.18. The van der Waals surface area contributed by atoms with Crippen LogP contribution in [0.4, 0.5) is 0 Å². The van der Waals surface area contributed by atoms with Gasteiger partial charge in [0.25, 0.3) is 0 Å². The van der Waals surface area contributed by atoms with Gasteiger partial charge in [-0.05, 0) is 23.2 Å². The van der Waals surface area contributed by atoms with Crippen molar-refractivity contribution in [1.82, 2.24) is 0 Å². The lowest BCUT2D eigenvalue weighted by atomic mass is 10.0. The van der Waals surface area contributed by atoms with E-state index in [0.717, 1.165) is 0 Å². The number of methoxy groups -OCH3 is 1. The molecule has 6 heteroatoms. The van der Waals surface area contributed by atoms with Gasteiger partial charge in [-0.2, -0.15) is 0 Å². The van der Waals surface area contributed by atoms with E-state index in [1.54, 1.807) is 31.4 Å². The molecule has 0 bridgehead atoms. The third-order valence-corrected chi connectivity index (χ3v) is 2.18. The second-order valence-corrected chi connectivity index (χ2v) is 3.17. The summed E-state index contributed by atoms with van der Waals surface area (Å²) in [6.45, 7) is -0.463. The summed E-state index contributed by atoms with van der Waals surface area (Å²) in [5.41, 5.74) is 9.01. The Bertz CT molecular complexity index is 373. The van der Waals surface area contributed by atoms with Crippen LogP contribution < -0.4 is 4.74 Å². The van der Waals surface area contributed by atoms with Gasteiger partial charge in [0.2, 0.25) is 0 Å². The quantitative estimate of drug-likeness (QED) is 0.448. The van der Waals surface area contributed by atoms with E-state index in [1.165, 1.54) is 0 Å². The van der Waals surface area contributed by atoms with Crippen LogP contribution in [0.25, 0.3) is 10.4 Å². The molecule has 2 atom stereocenters. The molecule has 0 fully saturated rings. The Hall–Kier alpha value is -1.75. The predicted octanol–water partition coefficient (Wildman–Crippen LogP) is 1.40. The van der Waals surface area contributed by atoms with Crippen LogP contribution in [0.2, 0.25) is 0 Å². The lowest BCUT2D eigenvalue weighted by Gasteiger charge is -2.16. The molecular weight excluding hydrogens is 210 g/mol. The number of aliphatic hydroxyl groups excluding tert-OH is 2. The topological polar surface area (TPSA) is 98.5 Å². The lowest BCUT2D eigenvalue weighted by Crippen LogP contribution is -2.20. The zero-order valence-electron chi connectivity index (χ0n) is 8.82. The van der Waals surface area contributed by atoms with Crippen molar-refractivity contribution >= 4 is 0 Å². The van der Waals surface area contributed by atoms with E-state index < -0.39 is 18.8 Å². The van der Waals surface area contributed by atoms with E-state index in [-0.39, 0.29) is 0 Å². The monoisotopic (exact) mass is 223 g/mol. The highest BCUT2D eigenvalue weighted by Gasteiger charge is 2.18. The minimum atomic E-state index is -1.11. The van der Waals surface area contributed by atoms with Crippen LogP contribution in [-0.2, 0) is 0 Å². The van der Waals surface area contributed by atoms with Crippen molar-refractivity contribution in [3.63, 3.8) is 0 Å². The van der Waals surface area contributed by atoms with Gasteiger partial charge in [0.1, 0.15) is 5.75 Å². The average molecular weight is 223 g/mol. The van der Waals surface area contributed by atoms with Crippen LogP contribution in [-0.4, -0.2) is 30.0 Å². The molecule has 0 aliphatic rings. The van der Waals surface area contributed by atoms with Crippen molar-refractivity contribution in [3.8, 4) is 5.75 Å². The largest absolute Gasteiger partial charge is 0.497 e. The first-order chi connectivity index (χ1) is 7.72. The van der Waals surface area contributed by atoms with Crippen LogP contribution >= 0.6 is 0 Å². The second-order valence-electron chi connectivity index (χ2n) is 3.17. The number of aliphatic hydroxyl groups is 2. The van der Waals surface area contributed by atoms with Gasteiger partial charge in [-0.25, -0.2) is 0 Å². The molecule has 1 aromatic rings. The average Bonchev–Trinajstić information content (AvgIpc) is 2.35. The maximum absolute atomic E-state index is 9.48.